The molecule has 0 bridgehead atoms. The number of nitrogens with one attached hydrogen (secondary N) is 1. The molecule has 0 aliphatic heterocycles. The van der Waals surface area contributed by atoms with E-state index < -0.39 is 5.97 Å². The molecule has 3 rings (SSSR count). The van der Waals surface area contributed by atoms with Gasteiger partial charge >= 0.3 is 5.97 Å². The van der Waals surface area contributed by atoms with Gasteiger partial charge in [0.1, 0.15) is 10.6 Å². The van der Waals surface area contributed by atoms with E-state index in [-0.39, 0.29) is 29.3 Å². The summed E-state index contributed by atoms with van der Waals surface area (Å²) in [6.45, 7) is 0. The molecule has 0 fully saturated rings. The van der Waals surface area contributed by atoms with Crippen LogP contribution >= 0.6 is 22.9 Å². The summed E-state index contributed by atoms with van der Waals surface area (Å²) in [4.78, 5) is 28.4. The minimum atomic E-state index is -0.688. The lowest BCUT2D eigenvalue weighted by Crippen LogP contribution is -2.15. The predicted molar refractivity (Wildman–Crippen MR) is 104 cm³/mol. The minimum Gasteiger partial charge on any atom is -0.505 e. The molecule has 138 valence electrons. The smallest absolute Gasteiger partial charge is 0.341 e. The van der Waals surface area contributed by atoms with E-state index in [1.165, 1.54) is 30.6 Å². The second kappa shape index (κ2) is 8.20. The number of nitrogens with zero attached hydrogens (tertiary/aromatic N) is 1. The highest BCUT2D eigenvalue weighted by molar-refractivity contribution is 7.13. The Balaban J connectivity index is 1.72. The average molecular weight is 403 g/mol. The molecule has 6 nitrogen and oxygen atoms in total. The largest absolute Gasteiger partial charge is 0.505 e. The van der Waals surface area contributed by atoms with Crippen LogP contribution in [0.4, 0.5) is 5.69 Å². The second-order valence-electron chi connectivity index (χ2n) is 5.54. The fraction of sp³-hybridized carbons (Fsp3) is 0.105. The van der Waals surface area contributed by atoms with Gasteiger partial charge in [-0.15, -0.1) is 11.3 Å². The molecule has 0 unspecified atom stereocenters. The summed E-state index contributed by atoms with van der Waals surface area (Å²) < 4.78 is 4.60. The maximum atomic E-state index is 12.3. The van der Waals surface area contributed by atoms with Crippen LogP contribution in [0.5, 0.6) is 5.75 Å². The lowest BCUT2D eigenvalue weighted by molar-refractivity contribution is -0.115. The zero-order valence-corrected chi connectivity index (χ0v) is 15.8. The molecule has 1 amide bonds. The van der Waals surface area contributed by atoms with Crippen LogP contribution in [-0.2, 0) is 16.0 Å². The van der Waals surface area contributed by atoms with E-state index in [0.717, 1.165) is 10.6 Å². The van der Waals surface area contributed by atoms with Crippen LogP contribution in [0.15, 0.2) is 47.8 Å². The van der Waals surface area contributed by atoms with Gasteiger partial charge in [-0.3, -0.25) is 4.79 Å². The van der Waals surface area contributed by atoms with Gasteiger partial charge in [0.25, 0.3) is 0 Å². The zero-order valence-electron chi connectivity index (χ0n) is 14.2. The number of methoxy groups -OCH3 is 1. The molecule has 0 saturated heterocycles. The summed E-state index contributed by atoms with van der Waals surface area (Å²) in [5, 5.41) is 15.8. The lowest BCUT2D eigenvalue weighted by Gasteiger charge is -2.09. The van der Waals surface area contributed by atoms with Gasteiger partial charge < -0.3 is 15.2 Å². The van der Waals surface area contributed by atoms with E-state index in [4.69, 9.17) is 11.6 Å². The molecule has 3 aromatic rings. The van der Waals surface area contributed by atoms with E-state index in [9.17, 15) is 14.7 Å². The zero-order chi connectivity index (χ0) is 19.4. The second-order valence-corrected chi connectivity index (χ2v) is 6.81. The number of aromatic hydroxyl groups is 1. The Hall–Kier alpha value is -2.90. The number of carbonyl (C=O) groups is 2. The number of rotatable bonds is 5. The van der Waals surface area contributed by atoms with E-state index in [1.54, 1.807) is 17.5 Å². The van der Waals surface area contributed by atoms with Crippen LogP contribution in [-0.4, -0.2) is 29.1 Å². The number of aromatic nitrogens is 1. The van der Waals surface area contributed by atoms with Gasteiger partial charge in [-0.25, -0.2) is 9.78 Å². The van der Waals surface area contributed by atoms with Crippen molar-refractivity contribution in [2.24, 2.45) is 0 Å². The van der Waals surface area contributed by atoms with E-state index >= 15 is 0 Å². The Morgan fingerprint density at radius 2 is 2.00 bits per heavy atom. The summed E-state index contributed by atoms with van der Waals surface area (Å²) in [5.74, 6) is -1.40. The molecule has 0 radical (unpaired) electrons. The minimum absolute atomic E-state index is 0.0167. The molecule has 1 aromatic heterocycles. The van der Waals surface area contributed by atoms with Crippen molar-refractivity contribution in [3.63, 3.8) is 0 Å². The summed E-state index contributed by atoms with van der Waals surface area (Å²) in [6.07, 6.45) is 0.0167. The van der Waals surface area contributed by atoms with Gasteiger partial charge in [-0.2, -0.15) is 0 Å². The molecule has 0 atom stereocenters. The molecule has 8 heteroatoms. The third-order valence-corrected chi connectivity index (χ3v) is 4.97. The van der Waals surface area contributed by atoms with Gasteiger partial charge in [0.2, 0.25) is 5.91 Å². The Bertz CT molecular complexity index is 1000. The highest BCUT2D eigenvalue weighted by Gasteiger charge is 2.17. The Morgan fingerprint density at radius 3 is 2.74 bits per heavy atom. The van der Waals surface area contributed by atoms with Crippen LogP contribution in [0, 0.1) is 0 Å². The first kappa shape index (κ1) is 18.9. The Morgan fingerprint density at radius 1 is 1.22 bits per heavy atom. The number of anilines is 1. The van der Waals surface area contributed by atoms with Gasteiger partial charge in [-0.05, 0) is 18.2 Å². The molecule has 0 spiro atoms. The number of esters is 1. The number of phenolic OH excluding ortho intramolecular Hbond substituents is 1. The SMILES string of the molecule is COC(=O)c1cccc(NC(=O)Cc2csc(-c3ccccc3Cl)n2)c1O. The van der Waals surface area contributed by atoms with Crippen molar-refractivity contribution in [1.82, 2.24) is 4.98 Å². The monoisotopic (exact) mass is 402 g/mol. The maximum Gasteiger partial charge on any atom is 0.341 e. The highest BCUT2D eigenvalue weighted by Crippen LogP contribution is 2.31. The summed E-state index contributed by atoms with van der Waals surface area (Å²) >= 11 is 7.56. The third-order valence-electron chi connectivity index (χ3n) is 3.71. The average Bonchev–Trinajstić information content (AvgIpc) is 3.11. The quantitative estimate of drug-likeness (QED) is 0.494. The molecule has 0 aliphatic carbocycles. The number of phenols is 1. The topological polar surface area (TPSA) is 88.5 Å². The number of hydrogen-bond acceptors (Lipinski definition) is 6. The molecular weight excluding hydrogens is 388 g/mol. The molecule has 1 heterocycles. The van der Waals surface area contributed by atoms with Gasteiger partial charge in [0, 0.05) is 10.9 Å². The van der Waals surface area contributed by atoms with Crippen LogP contribution < -0.4 is 5.32 Å². The Kier molecular flexibility index (Phi) is 5.73. The van der Waals surface area contributed by atoms with Crippen molar-refractivity contribution in [3.8, 4) is 16.3 Å². The fourth-order valence-corrected chi connectivity index (χ4v) is 3.56. The number of halogens is 1. The number of ether oxygens (including phenoxy) is 1. The number of para-hydroxylation sites is 1. The van der Waals surface area contributed by atoms with Crippen molar-refractivity contribution in [3.05, 3.63) is 64.1 Å². The Labute approximate surface area is 164 Å². The summed E-state index contributed by atoms with van der Waals surface area (Å²) in [7, 11) is 1.21. The first-order chi connectivity index (χ1) is 13.0. The number of carbonyl (C=O) groups excluding carboxylic acids is 2. The van der Waals surface area contributed by atoms with E-state index in [2.05, 4.69) is 15.0 Å². The number of benzene rings is 2. The highest BCUT2D eigenvalue weighted by atomic mass is 35.5. The van der Waals surface area contributed by atoms with Crippen molar-refractivity contribution >= 4 is 40.5 Å². The maximum absolute atomic E-state index is 12.3. The fourth-order valence-electron chi connectivity index (χ4n) is 2.42. The van der Waals surface area contributed by atoms with E-state index in [1.807, 2.05) is 18.2 Å². The van der Waals surface area contributed by atoms with Crippen LogP contribution in [0.2, 0.25) is 5.02 Å². The molecule has 2 N–H and O–H groups in total. The van der Waals surface area contributed by atoms with Crippen LogP contribution in [0.3, 0.4) is 0 Å². The van der Waals surface area contributed by atoms with E-state index in [0.29, 0.717) is 10.7 Å². The van der Waals surface area contributed by atoms with Crippen molar-refractivity contribution in [2.45, 2.75) is 6.42 Å². The molecule has 0 aliphatic rings. The first-order valence-corrected chi connectivity index (χ1v) is 9.15. The normalized spacial score (nSPS) is 10.4. The van der Waals surface area contributed by atoms with Crippen LogP contribution in [0.25, 0.3) is 10.6 Å². The van der Waals surface area contributed by atoms with Crippen LogP contribution in [0.1, 0.15) is 16.1 Å². The van der Waals surface area contributed by atoms with Crippen molar-refractivity contribution in [2.75, 3.05) is 12.4 Å². The number of hydrogen-bond donors (Lipinski definition) is 2. The van der Waals surface area contributed by atoms with Gasteiger partial charge in [0.15, 0.2) is 5.75 Å². The molecule has 27 heavy (non-hydrogen) atoms. The molecule has 0 saturated carbocycles. The van der Waals surface area contributed by atoms with Crippen molar-refractivity contribution in [1.29, 1.82) is 0 Å². The number of amides is 1. The first-order valence-electron chi connectivity index (χ1n) is 7.89. The van der Waals surface area contributed by atoms with Gasteiger partial charge in [-0.1, -0.05) is 35.9 Å². The lowest BCUT2D eigenvalue weighted by atomic mass is 10.1. The summed E-state index contributed by atoms with van der Waals surface area (Å²) in [6, 6.07) is 11.8. The molecule has 2 aromatic carbocycles. The number of thiazole rings is 1. The predicted octanol–water partition coefficient (Wildman–Crippen LogP) is 4.14. The molecular formula is C19H15ClN2O4S. The van der Waals surface area contributed by atoms with Gasteiger partial charge in [0.05, 0.1) is 29.9 Å². The standard InChI is InChI=1S/C19H15ClN2O4S/c1-26-19(25)13-6-4-8-15(17(13)24)22-16(23)9-11-10-27-18(21-11)12-5-2-3-7-14(12)20/h2-8,10,24H,9H2,1H3,(H,22,23). The van der Waals surface area contributed by atoms with Crippen molar-refractivity contribution < 1.29 is 19.4 Å². The summed E-state index contributed by atoms with van der Waals surface area (Å²) in [5.41, 5.74) is 1.49. The third kappa shape index (κ3) is 4.27.